The van der Waals surface area contributed by atoms with Crippen LogP contribution in [0.15, 0.2) is 42.7 Å². The summed E-state index contributed by atoms with van der Waals surface area (Å²) < 4.78 is 21.1. The Morgan fingerprint density at radius 2 is 1.71 bits per heavy atom. The lowest BCUT2D eigenvalue weighted by molar-refractivity contribution is 0.122. The topological polar surface area (TPSA) is 59.3 Å². The number of imidazole rings is 1. The molecule has 2 aliphatic rings. The van der Waals surface area contributed by atoms with Crippen LogP contribution < -0.4 is 9.80 Å². The van der Waals surface area contributed by atoms with Crippen molar-refractivity contribution in [2.45, 2.75) is 18.8 Å². The Labute approximate surface area is 181 Å². The van der Waals surface area contributed by atoms with Crippen molar-refractivity contribution < 1.29 is 9.13 Å². The lowest BCUT2D eigenvalue weighted by Gasteiger charge is -2.34. The Bertz CT molecular complexity index is 1020. The van der Waals surface area contributed by atoms with Gasteiger partial charge in [0.2, 0.25) is 5.95 Å². The predicted molar refractivity (Wildman–Crippen MR) is 118 cm³/mol. The number of hydrogen-bond donors (Lipinski definition) is 0. The first-order valence-electron chi connectivity index (χ1n) is 10.9. The maximum atomic E-state index is 13.5. The summed E-state index contributed by atoms with van der Waals surface area (Å²) in [5, 5.41) is 0. The Hall–Kier alpha value is -3.00. The van der Waals surface area contributed by atoms with Crippen LogP contribution in [0.2, 0.25) is 0 Å². The third-order valence-corrected chi connectivity index (χ3v) is 6.18. The minimum absolute atomic E-state index is 0.247. The van der Waals surface area contributed by atoms with Gasteiger partial charge in [0.1, 0.15) is 17.5 Å². The highest BCUT2D eigenvalue weighted by Gasteiger charge is 2.25. The summed E-state index contributed by atoms with van der Waals surface area (Å²) in [6, 6.07) is 8.53. The van der Waals surface area contributed by atoms with Gasteiger partial charge < -0.3 is 19.1 Å². The van der Waals surface area contributed by atoms with Gasteiger partial charge in [0.25, 0.3) is 0 Å². The van der Waals surface area contributed by atoms with Crippen LogP contribution in [0.25, 0.3) is 11.3 Å². The number of halogens is 1. The van der Waals surface area contributed by atoms with E-state index in [0.717, 1.165) is 61.9 Å². The SMILES string of the molecule is Cn1ccnc1C1CCN(c2cc(-c3ccc(F)cc3)nc(N3CCOCC3)n2)CC1. The Morgan fingerprint density at radius 3 is 2.39 bits per heavy atom. The molecule has 0 N–H and O–H groups in total. The van der Waals surface area contributed by atoms with Gasteiger partial charge in [-0.25, -0.2) is 14.4 Å². The zero-order chi connectivity index (χ0) is 21.2. The van der Waals surface area contributed by atoms with Crippen LogP contribution in [-0.2, 0) is 11.8 Å². The van der Waals surface area contributed by atoms with E-state index < -0.39 is 0 Å². The molecule has 0 radical (unpaired) electrons. The molecule has 2 saturated heterocycles. The quantitative estimate of drug-likeness (QED) is 0.643. The third-order valence-electron chi connectivity index (χ3n) is 6.18. The molecule has 5 rings (SSSR count). The number of anilines is 2. The Balaban J connectivity index is 1.42. The fourth-order valence-corrected chi connectivity index (χ4v) is 4.39. The number of piperidine rings is 1. The number of hydrogen-bond acceptors (Lipinski definition) is 6. The fourth-order valence-electron chi connectivity index (χ4n) is 4.39. The van der Waals surface area contributed by atoms with Crippen molar-refractivity contribution in [3.63, 3.8) is 0 Å². The molecule has 31 heavy (non-hydrogen) atoms. The third kappa shape index (κ3) is 4.25. The first-order chi connectivity index (χ1) is 15.2. The molecule has 2 aromatic heterocycles. The van der Waals surface area contributed by atoms with Gasteiger partial charge in [-0.15, -0.1) is 0 Å². The second kappa shape index (κ2) is 8.63. The highest BCUT2D eigenvalue weighted by molar-refractivity contribution is 5.65. The number of morpholine rings is 1. The largest absolute Gasteiger partial charge is 0.378 e. The van der Waals surface area contributed by atoms with Crippen molar-refractivity contribution >= 4 is 11.8 Å². The number of nitrogens with zero attached hydrogens (tertiary/aromatic N) is 6. The van der Waals surface area contributed by atoms with Crippen LogP contribution in [0.3, 0.4) is 0 Å². The van der Waals surface area contributed by atoms with Crippen LogP contribution in [0, 0.1) is 5.82 Å². The van der Waals surface area contributed by atoms with E-state index in [2.05, 4.69) is 26.4 Å². The van der Waals surface area contributed by atoms with E-state index in [1.807, 2.05) is 18.5 Å². The zero-order valence-corrected chi connectivity index (χ0v) is 17.7. The molecule has 8 heteroatoms. The average molecular weight is 423 g/mol. The molecular weight excluding hydrogens is 395 g/mol. The molecule has 0 aliphatic carbocycles. The molecule has 3 aromatic rings. The zero-order valence-electron chi connectivity index (χ0n) is 17.7. The maximum absolute atomic E-state index is 13.5. The van der Waals surface area contributed by atoms with Gasteiger partial charge in [-0.3, -0.25) is 0 Å². The summed E-state index contributed by atoms with van der Waals surface area (Å²) in [4.78, 5) is 18.8. The van der Waals surface area contributed by atoms with E-state index in [0.29, 0.717) is 25.1 Å². The monoisotopic (exact) mass is 422 g/mol. The van der Waals surface area contributed by atoms with Gasteiger partial charge in [0.05, 0.1) is 18.9 Å². The summed E-state index contributed by atoms with van der Waals surface area (Å²) in [6.07, 6.45) is 5.95. The predicted octanol–water partition coefficient (Wildman–Crippen LogP) is 3.24. The summed E-state index contributed by atoms with van der Waals surface area (Å²) in [5.41, 5.74) is 1.71. The molecule has 2 aliphatic heterocycles. The lowest BCUT2D eigenvalue weighted by Crippen LogP contribution is -2.38. The van der Waals surface area contributed by atoms with Gasteiger partial charge in [-0.05, 0) is 37.1 Å². The number of benzene rings is 1. The summed E-state index contributed by atoms with van der Waals surface area (Å²) in [7, 11) is 2.06. The first-order valence-corrected chi connectivity index (χ1v) is 10.9. The summed E-state index contributed by atoms with van der Waals surface area (Å²) in [5.74, 6) is 3.01. The van der Waals surface area contributed by atoms with E-state index in [1.54, 1.807) is 12.1 Å². The highest BCUT2D eigenvalue weighted by Crippen LogP contribution is 2.31. The molecular formula is C23H27FN6O. The second-order valence-electron chi connectivity index (χ2n) is 8.18. The number of aryl methyl sites for hydroxylation is 1. The van der Waals surface area contributed by atoms with Gasteiger partial charge in [-0.2, -0.15) is 4.98 Å². The van der Waals surface area contributed by atoms with Crippen molar-refractivity contribution in [2.75, 3.05) is 49.2 Å². The minimum atomic E-state index is -0.247. The molecule has 4 heterocycles. The normalized spacial score (nSPS) is 17.9. The number of rotatable bonds is 4. The van der Waals surface area contributed by atoms with E-state index in [4.69, 9.17) is 14.7 Å². The highest BCUT2D eigenvalue weighted by atomic mass is 19.1. The van der Waals surface area contributed by atoms with Gasteiger partial charge in [0, 0.05) is 63.2 Å². The van der Waals surface area contributed by atoms with Crippen LogP contribution in [0.4, 0.5) is 16.2 Å². The van der Waals surface area contributed by atoms with Crippen molar-refractivity contribution in [3.8, 4) is 11.3 Å². The molecule has 0 bridgehead atoms. The van der Waals surface area contributed by atoms with Crippen molar-refractivity contribution in [2.24, 2.45) is 7.05 Å². The lowest BCUT2D eigenvalue weighted by atomic mass is 9.96. The molecule has 0 unspecified atom stereocenters. The van der Waals surface area contributed by atoms with Gasteiger partial charge >= 0.3 is 0 Å². The van der Waals surface area contributed by atoms with E-state index in [1.165, 1.54) is 12.1 Å². The van der Waals surface area contributed by atoms with Crippen LogP contribution in [-0.4, -0.2) is 58.9 Å². The van der Waals surface area contributed by atoms with Crippen molar-refractivity contribution in [1.29, 1.82) is 0 Å². The van der Waals surface area contributed by atoms with E-state index >= 15 is 0 Å². The molecule has 162 valence electrons. The van der Waals surface area contributed by atoms with Crippen LogP contribution >= 0.6 is 0 Å². The molecule has 0 amide bonds. The number of aromatic nitrogens is 4. The van der Waals surface area contributed by atoms with Crippen molar-refractivity contribution in [1.82, 2.24) is 19.5 Å². The summed E-state index contributed by atoms with van der Waals surface area (Å²) in [6.45, 7) is 4.73. The minimum Gasteiger partial charge on any atom is -0.378 e. The molecule has 1 aromatic carbocycles. The van der Waals surface area contributed by atoms with Crippen LogP contribution in [0.1, 0.15) is 24.6 Å². The average Bonchev–Trinajstić information content (AvgIpc) is 3.26. The molecule has 7 nitrogen and oxygen atoms in total. The van der Waals surface area contributed by atoms with Gasteiger partial charge in [-0.1, -0.05) is 0 Å². The van der Waals surface area contributed by atoms with Crippen molar-refractivity contribution in [3.05, 3.63) is 54.4 Å². The molecule has 0 saturated carbocycles. The Kier molecular flexibility index (Phi) is 5.55. The van der Waals surface area contributed by atoms with Gasteiger partial charge in [0.15, 0.2) is 0 Å². The maximum Gasteiger partial charge on any atom is 0.228 e. The fraction of sp³-hybridized carbons (Fsp3) is 0.435. The standard InChI is InChI=1S/C23H27FN6O/c1-28-11-8-25-22(28)18-6-9-29(10-7-18)21-16-20(17-2-4-19(24)5-3-17)26-23(27-21)30-12-14-31-15-13-30/h2-5,8,11,16,18H,6-7,9-10,12-15H2,1H3. The Morgan fingerprint density at radius 1 is 0.968 bits per heavy atom. The number of ether oxygens (including phenoxy) is 1. The molecule has 0 spiro atoms. The van der Waals surface area contributed by atoms with E-state index in [-0.39, 0.29) is 5.82 Å². The molecule has 0 atom stereocenters. The van der Waals surface area contributed by atoms with E-state index in [9.17, 15) is 4.39 Å². The summed E-state index contributed by atoms with van der Waals surface area (Å²) >= 11 is 0. The van der Waals surface area contributed by atoms with Crippen LogP contribution in [0.5, 0.6) is 0 Å². The first kappa shape index (κ1) is 19.9. The second-order valence-corrected chi connectivity index (χ2v) is 8.18. The molecule has 2 fully saturated rings. The smallest absolute Gasteiger partial charge is 0.228 e.